The minimum atomic E-state index is 0.230. The van der Waals surface area contributed by atoms with Gasteiger partial charge in [-0.25, -0.2) is 0 Å². The van der Waals surface area contributed by atoms with Gasteiger partial charge in [-0.15, -0.1) is 0 Å². The molecule has 0 bridgehead atoms. The Kier molecular flexibility index (Phi) is 4.34. The molecule has 0 N–H and O–H groups in total. The van der Waals surface area contributed by atoms with Crippen LogP contribution >= 0.6 is 0 Å². The summed E-state index contributed by atoms with van der Waals surface area (Å²) in [5, 5.41) is 5.48. The lowest BCUT2D eigenvalue weighted by atomic mass is 9.34. The lowest BCUT2D eigenvalue weighted by molar-refractivity contribution is 0.181. The molecule has 4 aliphatic rings. The zero-order valence-electron chi connectivity index (χ0n) is 24.4. The fraction of sp³-hybridized carbons (Fsp3) is 0.250. The van der Waals surface area contributed by atoms with Crippen LogP contribution in [0.1, 0.15) is 62.8 Å². The molecule has 2 aromatic heterocycles. The number of benzene rings is 5. The Balaban J connectivity index is 1.27. The van der Waals surface area contributed by atoms with Gasteiger partial charge in [-0.3, -0.25) is 0 Å². The van der Waals surface area contributed by atoms with Crippen molar-refractivity contribution in [2.75, 3.05) is 0 Å². The molecule has 11 rings (SSSR count). The molecular weight excluding hydrogens is 519 g/mol. The molecule has 2 aliphatic carbocycles. The third kappa shape index (κ3) is 2.83. The Hall–Kier alpha value is -4.24. The Morgan fingerprint density at radius 2 is 1.07 bits per heavy atom. The first-order valence-corrected chi connectivity index (χ1v) is 16.5. The van der Waals surface area contributed by atoms with Crippen molar-refractivity contribution < 1.29 is 0 Å². The maximum Gasteiger partial charge on any atom is 0.252 e. The SMILES string of the molecule is c1ccc2c(c1)c1cccc3c1n2-c1cc(C2CCC4(CCCC4)CC2)cc2c1B3c1cccc3c4ccccc4n-2c13. The molecule has 2 aliphatic heterocycles. The fourth-order valence-corrected chi connectivity index (χ4v) is 10.3. The minimum absolute atomic E-state index is 0.230. The van der Waals surface area contributed by atoms with Crippen LogP contribution in [0.5, 0.6) is 0 Å². The Bertz CT molecular complexity index is 2180. The third-order valence-electron chi connectivity index (χ3n) is 12.2. The van der Waals surface area contributed by atoms with Crippen LogP contribution in [0.3, 0.4) is 0 Å². The number of para-hydroxylation sites is 4. The van der Waals surface area contributed by atoms with E-state index >= 15 is 0 Å². The van der Waals surface area contributed by atoms with Crippen molar-refractivity contribution in [3.05, 3.63) is 103 Å². The third-order valence-corrected chi connectivity index (χ3v) is 12.2. The van der Waals surface area contributed by atoms with Gasteiger partial charge in [0.2, 0.25) is 0 Å². The summed E-state index contributed by atoms with van der Waals surface area (Å²) < 4.78 is 5.27. The van der Waals surface area contributed by atoms with Crippen LogP contribution in [0, 0.1) is 5.41 Å². The Morgan fingerprint density at radius 1 is 0.558 bits per heavy atom. The van der Waals surface area contributed by atoms with Gasteiger partial charge in [-0.1, -0.05) is 85.6 Å². The maximum absolute atomic E-state index is 2.64. The van der Waals surface area contributed by atoms with Crippen molar-refractivity contribution in [1.29, 1.82) is 0 Å². The summed E-state index contributed by atoms with van der Waals surface area (Å²) in [6.45, 7) is 0.230. The quantitative estimate of drug-likeness (QED) is 0.182. The summed E-state index contributed by atoms with van der Waals surface area (Å²) in [4.78, 5) is 0. The average molecular weight is 553 g/mol. The molecule has 0 atom stereocenters. The van der Waals surface area contributed by atoms with Gasteiger partial charge in [0, 0.05) is 44.0 Å². The topological polar surface area (TPSA) is 9.86 Å². The predicted molar refractivity (Wildman–Crippen MR) is 182 cm³/mol. The molecule has 43 heavy (non-hydrogen) atoms. The van der Waals surface area contributed by atoms with E-state index in [9.17, 15) is 0 Å². The van der Waals surface area contributed by atoms with Gasteiger partial charge in [0.1, 0.15) is 0 Å². The van der Waals surface area contributed by atoms with E-state index in [4.69, 9.17) is 0 Å². The number of nitrogens with zero attached hydrogens (tertiary/aromatic N) is 2. The van der Waals surface area contributed by atoms with E-state index in [1.165, 1.54) is 123 Å². The molecule has 4 heterocycles. The zero-order chi connectivity index (χ0) is 27.9. The van der Waals surface area contributed by atoms with E-state index in [2.05, 4.69) is 106 Å². The fourth-order valence-electron chi connectivity index (χ4n) is 10.3. The van der Waals surface area contributed by atoms with Gasteiger partial charge in [0.25, 0.3) is 6.71 Å². The van der Waals surface area contributed by atoms with Crippen molar-refractivity contribution >= 4 is 66.7 Å². The summed E-state index contributed by atoms with van der Waals surface area (Å²) in [6, 6.07) is 37.5. The first-order valence-electron chi connectivity index (χ1n) is 16.5. The lowest BCUT2D eigenvalue weighted by Crippen LogP contribution is -2.59. The maximum atomic E-state index is 2.64. The van der Waals surface area contributed by atoms with E-state index < -0.39 is 0 Å². The molecule has 0 unspecified atom stereocenters. The first kappa shape index (κ1) is 23.2. The number of aromatic nitrogens is 2. The Labute approximate surface area is 252 Å². The van der Waals surface area contributed by atoms with Gasteiger partial charge in [0.05, 0.1) is 11.0 Å². The van der Waals surface area contributed by atoms with Crippen LogP contribution in [0.4, 0.5) is 0 Å². The second-order valence-corrected chi connectivity index (χ2v) is 14.1. The lowest BCUT2D eigenvalue weighted by Gasteiger charge is -2.39. The molecule has 2 nitrogen and oxygen atoms in total. The number of fused-ring (bicyclic) bond motifs is 10. The highest BCUT2D eigenvalue weighted by Gasteiger charge is 2.42. The molecule has 3 heteroatoms. The Morgan fingerprint density at radius 3 is 1.63 bits per heavy atom. The van der Waals surface area contributed by atoms with E-state index in [0.29, 0.717) is 11.3 Å². The van der Waals surface area contributed by atoms with Gasteiger partial charge in [-0.2, -0.15) is 0 Å². The van der Waals surface area contributed by atoms with Crippen molar-refractivity contribution in [3.8, 4) is 11.4 Å². The van der Waals surface area contributed by atoms with E-state index in [-0.39, 0.29) is 6.71 Å². The van der Waals surface area contributed by atoms with E-state index in [0.717, 1.165) is 0 Å². The molecule has 0 radical (unpaired) electrons. The molecule has 2 fully saturated rings. The normalized spacial score (nSPS) is 18.5. The van der Waals surface area contributed by atoms with Gasteiger partial charge in [-0.05, 0) is 96.1 Å². The van der Waals surface area contributed by atoms with Crippen LogP contribution in [0.15, 0.2) is 97.1 Å². The smallest absolute Gasteiger partial charge is 0.252 e. The van der Waals surface area contributed by atoms with E-state index in [1.807, 2.05) is 0 Å². The van der Waals surface area contributed by atoms with Crippen LogP contribution in [-0.2, 0) is 0 Å². The highest BCUT2D eigenvalue weighted by atomic mass is 15.0. The van der Waals surface area contributed by atoms with Crippen molar-refractivity contribution in [2.24, 2.45) is 5.41 Å². The van der Waals surface area contributed by atoms with Crippen molar-refractivity contribution in [2.45, 2.75) is 57.3 Å². The second-order valence-electron chi connectivity index (χ2n) is 14.1. The molecule has 206 valence electrons. The summed E-state index contributed by atoms with van der Waals surface area (Å²) >= 11 is 0. The average Bonchev–Trinajstić information content (AvgIpc) is 3.75. The van der Waals surface area contributed by atoms with Crippen LogP contribution in [-0.4, -0.2) is 15.8 Å². The van der Waals surface area contributed by atoms with Crippen LogP contribution < -0.4 is 16.4 Å². The predicted octanol–water partition coefficient (Wildman–Crippen LogP) is 8.24. The molecule has 1 spiro atoms. The molecule has 5 aromatic carbocycles. The van der Waals surface area contributed by atoms with Crippen LogP contribution in [0.2, 0.25) is 0 Å². The van der Waals surface area contributed by atoms with Crippen molar-refractivity contribution in [3.63, 3.8) is 0 Å². The highest BCUT2D eigenvalue weighted by Crippen LogP contribution is 2.52. The van der Waals surface area contributed by atoms with E-state index in [1.54, 1.807) is 5.56 Å². The molecular formula is C40H33BN2. The summed E-state index contributed by atoms with van der Waals surface area (Å²) in [5.74, 6) is 0.634. The highest BCUT2D eigenvalue weighted by molar-refractivity contribution is 7.00. The largest absolute Gasteiger partial charge is 0.310 e. The van der Waals surface area contributed by atoms with Crippen molar-refractivity contribution in [1.82, 2.24) is 9.13 Å². The standard InChI is InChI=1S/C40H33BN2/c1-3-15-33-27(9-1)29-11-7-13-31-38(29)42(33)35-23-26(25-17-21-40(22-18-25)19-5-6-20-40)24-36-37(35)41(31)32-14-8-12-30-28-10-2-4-16-34(28)43(36)39(30)32/h1-4,7-16,23-25H,5-6,17-22H2. The first-order chi connectivity index (χ1) is 21.3. The zero-order valence-corrected chi connectivity index (χ0v) is 24.4. The van der Waals surface area contributed by atoms with Gasteiger partial charge in [0.15, 0.2) is 0 Å². The van der Waals surface area contributed by atoms with Gasteiger partial charge >= 0.3 is 0 Å². The monoisotopic (exact) mass is 552 g/mol. The summed E-state index contributed by atoms with van der Waals surface area (Å²) in [7, 11) is 0. The number of hydrogen-bond donors (Lipinski definition) is 0. The minimum Gasteiger partial charge on any atom is -0.310 e. The number of rotatable bonds is 1. The second kappa shape index (κ2) is 8.02. The van der Waals surface area contributed by atoms with Crippen LogP contribution in [0.25, 0.3) is 55.0 Å². The van der Waals surface area contributed by atoms with Gasteiger partial charge < -0.3 is 9.13 Å². The molecule has 7 aromatic rings. The number of hydrogen-bond acceptors (Lipinski definition) is 0. The molecule has 0 amide bonds. The molecule has 0 saturated heterocycles. The summed E-state index contributed by atoms with van der Waals surface area (Å²) in [6.07, 6.45) is 11.3. The molecule has 2 saturated carbocycles. The summed E-state index contributed by atoms with van der Waals surface area (Å²) in [5.41, 5.74) is 14.8.